The molecule has 0 saturated heterocycles. The van der Waals surface area contributed by atoms with Crippen molar-refractivity contribution in [1.82, 2.24) is 14.8 Å². The topological polar surface area (TPSA) is 39.9 Å². The Morgan fingerprint density at radius 1 is 1.04 bits per heavy atom. The van der Waals surface area contributed by atoms with Crippen molar-refractivity contribution < 1.29 is 4.74 Å². The summed E-state index contributed by atoms with van der Waals surface area (Å²) in [6.07, 6.45) is 3.80. The van der Waals surface area contributed by atoms with E-state index in [1.807, 2.05) is 41.3 Å². The first-order valence-electron chi connectivity index (χ1n) is 8.32. The van der Waals surface area contributed by atoms with Crippen molar-refractivity contribution in [2.45, 2.75) is 6.54 Å². The van der Waals surface area contributed by atoms with Crippen LogP contribution in [0, 0.1) is 0 Å². The standard InChI is InChI=1S/C20H15Cl2N3OS/c21-15-6-7-18(16(22)12-15)26-11-10-25-9-8-17(24-25)19-13-23-20(27-19)14-4-2-1-3-5-14/h1-9,12-13H,10-11H2. The first kappa shape index (κ1) is 18.0. The van der Waals surface area contributed by atoms with E-state index in [2.05, 4.69) is 22.2 Å². The van der Waals surface area contributed by atoms with Gasteiger partial charge < -0.3 is 4.74 Å². The summed E-state index contributed by atoms with van der Waals surface area (Å²) >= 11 is 13.6. The van der Waals surface area contributed by atoms with Crippen LogP contribution < -0.4 is 4.74 Å². The van der Waals surface area contributed by atoms with Crippen molar-refractivity contribution in [2.75, 3.05) is 6.61 Å². The fourth-order valence-corrected chi connectivity index (χ4v) is 3.92. The first-order valence-corrected chi connectivity index (χ1v) is 9.89. The quantitative estimate of drug-likeness (QED) is 0.384. The van der Waals surface area contributed by atoms with E-state index in [9.17, 15) is 0 Å². The lowest BCUT2D eigenvalue weighted by Gasteiger charge is -2.08. The number of thiazole rings is 1. The van der Waals surface area contributed by atoms with Gasteiger partial charge in [-0.25, -0.2) is 4.98 Å². The number of rotatable bonds is 6. The van der Waals surface area contributed by atoms with Crippen molar-refractivity contribution in [1.29, 1.82) is 0 Å². The number of hydrogen-bond donors (Lipinski definition) is 0. The van der Waals surface area contributed by atoms with Crippen LogP contribution in [0.2, 0.25) is 10.0 Å². The average molecular weight is 416 g/mol. The molecule has 7 heteroatoms. The first-order chi connectivity index (χ1) is 13.2. The molecule has 0 aliphatic heterocycles. The molecule has 0 radical (unpaired) electrons. The van der Waals surface area contributed by atoms with Crippen LogP contribution in [0.15, 0.2) is 67.0 Å². The summed E-state index contributed by atoms with van der Waals surface area (Å²) in [6.45, 7) is 1.07. The van der Waals surface area contributed by atoms with Gasteiger partial charge in [0.15, 0.2) is 0 Å². The highest BCUT2D eigenvalue weighted by Gasteiger charge is 2.09. The Bertz CT molecular complexity index is 1050. The zero-order chi connectivity index (χ0) is 18.6. The van der Waals surface area contributed by atoms with E-state index >= 15 is 0 Å². The van der Waals surface area contributed by atoms with Crippen molar-refractivity contribution in [3.63, 3.8) is 0 Å². The normalized spacial score (nSPS) is 10.9. The molecule has 2 heterocycles. The van der Waals surface area contributed by atoms with Crippen LogP contribution in [0.1, 0.15) is 0 Å². The summed E-state index contributed by atoms with van der Waals surface area (Å²) in [4.78, 5) is 5.55. The number of nitrogens with zero attached hydrogens (tertiary/aromatic N) is 3. The zero-order valence-corrected chi connectivity index (χ0v) is 16.5. The van der Waals surface area contributed by atoms with E-state index in [4.69, 9.17) is 27.9 Å². The number of benzene rings is 2. The Morgan fingerprint density at radius 3 is 2.70 bits per heavy atom. The Balaban J connectivity index is 1.39. The van der Waals surface area contributed by atoms with Crippen LogP contribution in [0.5, 0.6) is 5.75 Å². The van der Waals surface area contributed by atoms with Gasteiger partial charge in [0, 0.05) is 23.0 Å². The lowest BCUT2D eigenvalue weighted by Crippen LogP contribution is -2.08. The molecular weight excluding hydrogens is 401 g/mol. The highest BCUT2D eigenvalue weighted by Crippen LogP contribution is 2.31. The molecule has 0 amide bonds. The lowest BCUT2D eigenvalue weighted by molar-refractivity contribution is 0.291. The minimum absolute atomic E-state index is 0.459. The molecule has 4 nitrogen and oxygen atoms in total. The molecule has 4 aromatic rings. The summed E-state index contributed by atoms with van der Waals surface area (Å²) in [5, 5.41) is 6.68. The fourth-order valence-electron chi connectivity index (χ4n) is 2.57. The SMILES string of the molecule is Clc1ccc(OCCn2ccc(-c3cnc(-c4ccccc4)s3)n2)c(Cl)c1. The molecular formula is C20H15Cl2N3OS. The van der Waals surface area contributed by atoms with Crippen molar-refractivity contribution >= 4 is 34.5 Å². The number of hydrogen-bond acceptors (Lipinski definition) is 4. The molecule has 0 spiro atoms. The summed E-state index contributed by atoms with van der Waals surface area (Å²) < 4.78 is 7.56. The summed E-state index contributed by atoms with van der Waals surface area (Å²) in [5.41, 5.74) is 2.01. The van der Waals surface area contributed by atoms with E-state index in [1.165, 1.54) is 0 Å². The van der Waals surface area contributed by atoms with Crippen molar-refractivity contribution in [3.05, 3.63) is 77.0 Å². The third-order valence-corrected chi connectivity index (χ3v) is 5.49. The van der Waals surface area contributed by atoms with Gasteiger partial charge in [0.1, 0.15) is 23.1 Å². The zero-order valence-electron chi connectivity index (χ0n) is 14.2. The van der Waals surface area contributed by atoms with Crippen LogP contribution in [0.3, 0.4) is 0 Å². The molecule has 0 N–H and O–H groups in total. The molecule has 0 atom stereocenters. The molecule has 136 valence electrons. The van der Waals surface area contributed by atoms with Gasteiger partial charge in [-0.15, -0.1) is 11.3 Å². The Kier molecular flexibility index (Phi) is 5.43. The van der Waals surface area contributed by atoms with Crippen LogP contribution in [-0.4, -0.2) is 21.4 Å². The lowest BCUT2D eigenvalue weighted by atomic mass is 10.2. The van der Waals surface area contributed by atoms with Gasteiger partial charge >= 0.3 is 0 Å². The maximum atomic E-state index is 6.11. The number of aromatic nitrogens is 3. The second-order valence-corrected chi connectivity index (χ2v) is 7.66. The molecule has 2 aromatic heterocycles. The van der Waals surface area contributed by atoms with Crippen LogP contribution in [0.25, 0.3) is 21.1 Å². The van der Waals surface area contributed by atoms with E-state index in [-0.39, 0.29) is 0 Å². The molecule has 0 fully saturated rings. The van der Waals surface area contributed by atoms with Crippen LogP contribution in [-0.2, 0) is 6.54 Å². The van der Waals surface area contributed by atoms with Gasteiger partial charge in [-0.1, -0.05) is 53.5 Å². The van der Waals surface area contributed by atoms with Gasteiger partial charge in [0.25, 0.3) is 0 Å². The third kappa shape index (κ3) is 4.33. The second kappa shape index (κ2) is 8.13. The Hall–Kier alpha value is -2.34. The van der Waals surface area contributed by atoms with Gasteiger partial charge in [-0.3, -0.25) is 4.68 Å². The molecule has 0 unspecified atom stereocenters. The maximum absolute atomic E-state index is 6.11. The summed E-state index contributed by atoms with van der Waals surface area (Å²) in [6, 6.07) is 17.3. The van der Waals surface area contributed by atoms with E-state index in [0.717, 1.165) is 21.1 Å². The third-order valence-electron chi connectivity index (χ3n) is 3.89. The Labute approximate surface area is 171 Å². The van der Waals surface area contributed by atoms with Crippen LogP contribution >= 0.6 is 34.5 Å². The van der Waals surface area contributed by atoms with Gasteiger partial charge in [-0.05, 0) is 24.3 Å². The smallest absolute Gasteiger partial charge is 0.138 e. The monoisotopic (exact) mass is 415 g/mol. The van der Waals surface area contributed by atoms with E-state index in [1.54, 1.807) is 29.5 Å². The van der Waals surface area contributed by atoms with Crippen LogP contribution in [0.4, 0.5) is 0 Å². The fraction of sp³-hybridized carbons (Fsp3) is 0.100. The molecule has 0 aliphatic rings. The van der Waals surface area contributed by atoms with Gasteiger partial charge in [0.05, 0.1) is 16.4 Å². The molecule has 0 saturated carbocycles. The van der Waals surface area contributed by atoms with E-state index < -0.39 is 0 Å². The minimum atomic E-state index is 0.459. The summed E-state index contributed by atoms with van der Waals surface area (Å²) in [5.74, 6) is 0.614. The predicted molar refractivity (Wildman–Crippen MR) is 111 cm³/mol. The van der Waals surface area contributed by atoms with Gasteiger partial charge in [0.2, 0.25) is 0 Å². The predicted octanol–water partition coefficient (Wildman–Crippen LogP) is 6.06. The molecule has 4 rings (SSSR count). The van der Waals surface area contributed by atoms with Crippen molar-refractivity contribution in [2.24, 2.45) is 0 Å². The molecule has 0 bridgehead atoms. The molecule has 27 heavy (non-hydrogen) atoms. The van der Waals surface area contributed by atoms with Gasteiger partial charge in [-0.2, -0.15) is 5.10 Å². The molecule has 0 aliphatic carbocycles. The molecule has 2 aromatic carbocycles. The largest absolute Gasteiger partial charge is 0.490 e. The highest BCUT2D eigenvalue weighted by molar-refractivity contribution is 7.18. The average Bonchev–Trinajstić information content (AvgIpc) is 3.34. The minimum Gasteiger partial charge on any atom is -0.490 e. The number of ether oxygens (including phenoxy) is 1. The maximum Gasteiger partial charge on any atom is 0.138 e. The number of halogens is 2. The van der Waals surface area contributed by atoms with E-state index in [0.29, 0.717) is 28.9 Å². The second-order valence-electron chi connectivity index (χ2n) is 5.78. The highest BCUT2D eigenvalue weighted by atomic mass is 35.5. The summed E-state index contributed by atoms with van der Waals surface area (Å²) in [7, 11) is 0. The Morgan fingerprint density at radius 2 is 1.89 bits per heavy atom. The van der Waals surface area contributed by atoms with Crippen molar-refractivity contribution in [3.8, 4) is 26.9 Å².